The van der Waals surface area contributed by atoms with E-state index in [2.05, 4.69) is 153 Å². The number of hydrogen-bond acceptors (Lipinski definition) is 0. The number of rotatable bonds is 7. The maximum atomic E-state index is 2.66. The van der Waals surface area contributed by atoms with E-state index < -0.39 is 0 Å². The van der Waals surface area contributed by atoms with Gasteiger partial charge in [0.25, 0.3) is 0 Å². The molecule has 0 fully saturated rings. The van der Waals surface area contributed by atoms with E-state index in [0.29, 0.717) is 5.92 Å². The normalized spacial score (nSPS) is 15.3. The summed E-state index contributed by atoms with van der Waals surface area (Å²) in [6, 6.07) is 35.7. The summed E-state index contributed by atoms with van der Waals surface area (Å²) in [5, 5.41) is 0. The van der Waals surface area contributed by atoms with Gasteiger partial charge in [0.15, 0.2) is 17.9 Å². The summed E-state index contributed by atoms with van der Waals surface area (Å²) in [5.41, 5.74) is 13.4. The van der Waals surface area contributed by atoms with Gasteiger partial charge >= 0.3 is 0 Å². The van der Waals surface area contributed by atoms with Crippen molar-refractivity contribution in [2.75, 3.05) is 0 Å². The third-order valence-corrected chi connectivity index (χ3v) is 9.56. The highest BCUT2D eigenvalue weighted by molar-refractivity contribution is 5.70. The van der Waals surface area contributed by atoms with Gasteiger partial charge in [-0.05, 0) is 61.2 Å². The Balaban J connectivity index is 1.46. The van der Waals surface area contributed by atoms with Crippen LogP contribution in [0.3, 0.4) is 0 Å². The van der Waals surface area contributed by atoms with Crippen molar-refractivity contribution in [3.05, 3.63) is 132 Å². The number of nitrogens with zero attached hydrogens (tertiary/aromatic N) is 2. The molecule has 2 aromatic heterocycles. The molecule has 1 aliphatic heterocycles. The Morgan fingerprint density at radius 3 is 2.10 bits per heavy atom. The van der Waals surface area contributed by atoms with Gasteiger partial charge in [-0.1, -0.05) is 80.6 Å². The Bertz CT molecular complexity index is 1690. The minimum atomic E-state index is 0.0355. The van der Waals surface area contributed by atoms with Crippen LogP contribution in [0.4, 0.5) is 0 Å². The van der Waals surface area contributed by atoms with Crippen LogP contribution in [0.2, 0.25) is 0 Å². The van der Waals surface area contributed by atoms with Gasteiger partial charge in [0.1, 0.15) is 6.54 Å². The summed E-state index contributed by atoms with van der Waals surface area (Å²) in [6.07, 6.45) is 8.01. The smallest absolute Gasteiger partial charge is 0.198 e. The van der Waals surface area contributed by atoms with E-state index in [1.807, 2.05) is 0 Å². The molecule has 1 aliphatic rings. The van der Waals surface area contributed by atoms with Crippen LogP contribution in [-0.4, -0.2) is 0 Å². The Morgan fingerprint density at radius 2 is 1.37 bits per heavy atom. The van der Waals surface area contributed by atoms with Crippen molar-refractivity contribution in [3.63, 3.8) is 0 Å². The standard InChI is InChI=1S/C39H42N2/c1-6-39(7-2)36(34-19-13-14-20-35(34)38-30(5)25-28(3)27-41(38)39)22-24-40-23-21-32(31-16-9-8-10-17-31)26-37(40)33-18-12-11-15-29(33)4/h8-21,23,25-27,36H,6-7,22,24H2,1-5H3/q+2. The van der Waals surface area contributed by atoms with E-state index in [0.717, 1.165) is 25.8 Å². The third-order valence-electron chi connectivity index (χ3n) is 9.56. The Kier molecular flexibility index (Phi) is 7.34. The molecule has 6 rings (SSSR count). The van der Waals surface area contributed by atoms with Gasteiger partial charge in [0.2, 0.25) is 11.4 Å². The van der Waals surface area contributed by atoms with Gasteiger partial charge in [-0.2, -0.15) is 9.13 Å². The Morgan fingerprint density at radius 1 is 0.683 bits per heavy atom. The van der Waals surface area contributed by atoms with Crippen LogP contribution in [0, 0.1) is 20.8 Å². The van der Waals surface area contributed by atoms with Crippen molar-refractivity contribution in [3.8, 4) is 33.6 Å². The minimum Gasteiger partial charge on any atom is -0.198 e. The SMILES string of the molecule is CCC1(CC)C(CC[n+]2ccc(-c3ccccc3)cc2-c2ccccc2C)c2ccccc2-c2c(C)cc(C)c[n+]21. The average molecular weight is 539 g/mol. The molecule has 0 bridgehead atoms. The monoisotopic (exact) mass is 538 g/mol. The molecule has 0 aliphatic carbocycles. The van der Waals surface area contributed by atoms with Crippen LogP contribution < -0.4 is 9.13 Å². The molecule has 3 aromatic carbocycles. The molecule has 206 valence electrons. The van der Waals surface area contributed by atoms with Crippen molar-refractivity contribution in [2.24, 2.45) is 0 Å². The zero-order chi connectivity index (χ0) is 28.6. The molecule has 0 radical (unpaired) electrons. The second kappa shape index (κ2) is 11.1. The molecular formula is C39H42N2+2. The van der Waals surface area contributed by atoms with E-state index in [4.69, 9.17) is 0 Å². The highest BCUT2D eigenvalue weighted by atomic mass is 15.1. The summed E-state index contributed by atoms with van der Waals surface area (Å²) in [7, 11) is 0. The maximum absolute atomic E-state index is 2.66. The molecular weight excluding hydrogens is 496 g/mol. The molecule has 0 N–H and O–H groups in total. The first kappa shape index (κ1) is 27.1. The molecule has 2 nitrogen and oxygen atoms in total. The second-order valence-electron chi connectivity index (χ2n) is 11.8. The average Bonchev–Trinajstić information content (AvgIpc) is 3.00. The number of aryl methyl sites for hydroxylation is 4. The molecule has 0 amide bonds. The first-order chi connectivity index (χ1) is 20.0. The Hall–Kier alpha value is -4.04. The van der Waals surface area contributed by atoms with Crippen LogP contribution in [0.5, 0.6) is 0 Å². The van der Waals surface area contributed by atoms with Gasteiger partial charge in [-0.15, -0.1) is 0 Å². The number of pyridine rings is 2. The van der Waals surface area contributed by atoms with E-state index in [9.17, 15) is 0 Å². The number of hydrogen-bond donors (Lipinski definition) is 0. The lowest BCUT2D eigenvalue weighted by Gasteiger charge is -2.40. The van der Waals surface area contributed by atoms with Gasteiger partial charge in [-0.25, -0.2) is 0 Å². The molecule has 41 heavy (non-hydrogen) atoms. The highest BCUT2D eigenvalue weighted by Crippen LogP contribution is 2.47. The number of aromatic nitrogens is 2. The first-order valence-corrected chi connectivity index (χ1v) is 15.2. The highest BCUT2D eigenvalue weighted by Gasteiger charge is 2.51. The fraction of sp³-hybridized carbons (Fsp3) is 0.282. The van der Waals surface area contributed by atoms with Crippen LogP contribution in [0.15, 0.2) is 109 Å². The quantitative estimate of drug-likeness (QED) is 0.183. The van der Waals surface area contributed by atoms with Crippen molar-refractivity contribution in [1.82, 2.24) is 0 Å². The van der Waals surface area contributed by atoms with Crippen molar-refractivity contribution in [1.29, 1.82) is 0 Å². The first-order valence-electron chi connectivity index (χ1n) is 15.2. The summed E-state index contributed by atoms with van der Waals surface area (Å²) in [4.78, 5) is 0. The molecule has 0 saturated carbocycles. The summed E-state index contributed by atoms with van der Waals surface area (Å²) in [5.74, 6) is 0.415. The zero-order valence-electron chi connectivity index (χ0n) is 25.2. The largest absolute Gasteiger partial charge is 0.216 e. The predicted molar refractivity (Wildman–Crippen MR) is 170 cm³/mol. The summed E-state index contributed by atoms with van der Waals surface area (Å²) < 4.78 is 5.16. The van der Waals surface area contributed by atoms with Crippen LogP contribution in [-0.2, 0) is 12.1 Å². The number of fused-ring (bicyclic) bond motifs is 3. The topological polar surface area (TPSA) is 7.76 Å². The molecule has 0 saturated heterocycles. The van der Waals surface area contributed by atoms with E-state index in [1.54, 1.807) is 0 Å². The molecule has 5 aromatic rings. The zero-order valence-corrected chi connectivity index (χ0v) is 25.2. The van der Waals surface area contributed by atoms with Gasteiger partial charge in [0, 0.05) is 48.1 Å². The second-order valence-corrected chi connectivity index (χ2v) is 11.8. The van der Waals surface area contributed by atoms with E-state index >= 15 is 0 Å². The number of benzene rings is 3. The lowest BCUT2D eigenvalue weighted by atomic mass is 9.68. The molecule has 1 unspecified atom stereocenters. The van der Waals surface area contributed by atoms with Gasteiger partial charge < -0.3 is 0 Å². The van der Waals surface area contributed by atoms with Crippen molar-refractivity contribution >= 4 is 0 Å². The fourth-order valence-electron chi connectivity index (χ4n) is 7.48. The predicted octanol–water partition coefficient (Wildman–Crippen LogP) is 8.89. The maximum Gasteiger partial charge on any atom is 0.216 e. The summed E-state index contributed by atoms with van der Waals surface area (Å²) >= 11 is 0. The minimum absolute atomic E-state index is 0.0355. The van der Waals surface area contributed by atoms with Crippen LogP contribution in [0.1, 0.15) is 61.3 Å². The van der Waals surface area contributed by atoms with E-state index in [1.165, 1.54) is 55.9 Å². The van der Waals surface area contributed by atoms with E-state index in [-0.39, 0.29) is 5.54 Å². The lowest BCUT2D eigenvalue weighted by molar-refractivity contribution is -0.765. The molecule has 3 heterocycles. The van der Waals surface area contributed by atoms with Crippen molar-refractivity contribution < 1.29 is 9.13 Å². The summed E-state index contributed by atoms with van der Waals surface area (Å²) in [6.45, 7) is 12.5. The fourth-order valence-corrected chi connectivity index (χ4v) is 7.48. The molecule has 2 heteroatoms. The van der Waals surface area contributed by atoms with Crippen LogP contribution in [0.25, 0.3) is 33.6 Å². The van der Waals surface area contributed by atoms with Gasteiger partial charge in [0.05, 0.1) is 11.5 Å². The molecule has 0 spiro atoms. The Labute approximate surface area is 246 Å². The third kappa shape index (κ3) is 4.70. The lowest BCUT2D eigenvalue weighted by Crippen LogP contribution is -2.63. The molecule has 1 atom stereocenters. The van der Waals surface area contributed by atoms with Gasteiger partial charge in [-0.3, -0.25) is 0 Å². The van der Waals surface area contributed by atoms with Crippen molar-refractivity contribution in [2.45, 2.75) is 71.9 Å². The van der Waals surface area contributed by atoms with Crippen LogP contribution >= 0.6 is 0 Å².